The SMILES string of the molecule is CC(C)=CCNOCc1ccccc1. The summed E-state index contributed by atoms with van der Waals surface area (Å²) in [5.74, 6) is 0. The number of nitrogens with one attached hydrogen (secondary N) is 1. The predicted octanol–water partition coefficient (Wildman–Crippen LogP) is 2.67. The Bertz CT molecular complexity index is 276. The van der Waals surface area contributed by atoms with Gasteiger partial charge in [-0.25, -0.2) is 0 Å². The molecule has 1 aromatic carbocycles. The Morgan fingerprint density at radius 2 is 2.00 bits per heavy atom. The molecule has 2 heteroatoms. The summed E-state index contributed by atoms with van der Waals surface area (Å²) in [5.41, 5.74) is 5.36. The van der Waals surface area contributed by atoms with E-state index in [1.54, 1.807) is 0 Å². The maximum absolute atomic E-state index is 5.28. The van der Waals surface area contributed by atoms with Gasteiger partial charge in [-0.15, -0.1) is 0 Å². The van der Waals surface area contributed by atoms with Crippen LogP contribution in [-0.2, 0) is 11.4 Å². The summed E-state index contributed by atoms with van der Waals surface area (Å²) < 4.78 is 0. The van der Waals surface area contributed by atoms with E-state index in [0.717, 1.165) is 6.54 Å². The van der Waals surface area contributed by atoms with E-state index in [2.05, 4.69) is 25.4 Å². The maximum atomic E-state index is 5.28. The fourth-order valence-corrected chi connectivity index (χ4v) is 1.01. The molecule has 1 aromatic rings. The number of rotatable bonds is 5. The lowest BCUT2D eigenvalue weighted by molar-refractivity contribution is 0.0351. The van der Waals surface area contributed by atoms with Crippen LogP contribution in [0.5, 0.6) is 0 Å². The molecule has 1 rings (SSSR count). The average Bonchev–Trinajstić information content (AvgIpc) is 2.18. The third-order valence-corrected chi connectivity index (χ3v) is 1.78. The Labute approximate surface area is 85.5 Å². The summed E-state index contributed by atoms with van der Waals surface area (Å²) in [6, 6.07) is 10.1. The van der Waals surface area contributed by atoms with Crippen molar-refractivity contribution in [2.75, 3.05) is 6.54 Å². The molecule has 1 N–H and O–H groups in total. The highest BCUT2D eigenvalue weighted by atomic mass is 16.6. The van der Waals surface area contributed by atoms with Gasteiger partial charge in [0, 0.05) is 6.54 Å². The highest BCUT2D eigenvalue weighted by Crippen LogP contribution is 1.98. The van der Waals surface area contributed by atoms with Crippen LogP contribution in [0.25, 0.3) is 0 Å². The summed E-state index contributed by atoms with van der Waals surface area (Å²) in [6.07, 6.45) is 2.09. The molecule has 0 aliphatic carbocycles. The molecule has 0 aliphatic rings. The van der Waals surface area contributed by atoms with Gasteiger partial charge < -0.3 is 0 Å². The van der Waals surface area contributed by atoms with Crippen molar-refractivity contribution < 1.29 is 4.84 Å². The van der Waals surface area contributed by atoms with Crippen molar-refractivity contribution in [1.29, 1.82) is 0 Å². The molecule has 0 aliphatic heterocycles. The smallest absolute Gasteiger partial charge is 0.0933 e. The standard InChI is InChI=1S/C12H17NO/c1-11(2)8-9-13-14-10-12-6-4-3-5-7-12/h3-8,13H,9-10H2,1-2H3. The second-order valence-electron chi connectivity index (χ2n) is 3.40. The molecular formula is C12H17NO. The molecule has 14 heavy (non-hydrogen) atoms. The minimum absolute atomic E-state index is 0.609. The lowest BCUT2D eigenvalue weighted by Gasteiger charge is -2.03. The van der Waals surface area contributed by atoms with Crippen LogP contribution in [0.15, 0.2) is 42.0 Å². The van der Waals surface area contributed by atoms with E-state index in [4.69, 9.17) is 4.84 Å². The molecule has 0 radical (unpaired) electrons. The summed E-state index contributed by atoms with van der Waals surface area (Å²) >= 11 is 0. The second kappa shape index (κ2) is 6.35. The van der Waals surface area contributed by atoms with Gasteiger partial charge in [-0.2, -0.15) is 5.48 Å². The van der Waals surface area contributed by atoms with Crippen LogP contribution in [0, 0.1) is 0 Å². The first-order chi connectivity index (χ1) is 6.79. The first-order valence-corrected chi connectivity index (χ1v) is 4.81. The van der Waals surface area contributed by atoms with Gasteiger partial charge in [0.2, 0.25) is 0 Å². The highest BCUT2D eigenvalue weighted by molar-refractivity contribution is 5.13. The third kappa shape index (κ3) is 4.80. The predicted molar refractivity (Wildman–Crippen MR) is 58.7 cm³/mol. The quantitative estimate of drug-likeness (QED) is 0.439. The zero-order valence-corrected chi connectivity index (χ0v) is 8.79. The summed E-state index contributed by atoms with van der Waals surface area (Å²) in [5, 5.41) is 0. The Morgan fingerprint density at radius 1 is 1.29 bits per heavy atom. The van der Waals surface area contributed by atoms with Crippen molar-refractivity contribution in [2.24, 2.45) is 0 Å². The minimum Gasteiger partial charge on any atom is -0.297 e. The van der Waals surface area contributed by atoms with Gasteiger partial charge in [0.15, 0.2) is 0 Å². The lowest BCUT2D eigenvalue weighted by atomic mass is 10.2. The van der Waals surface area contributed by atoms with Crippen molar-refractivity contribution in [3.05, 3.63) is 47.5 Å². The molecule has 76 valence electrons. The van der Waals surface area contributed by atoms with E-state index in [1.165, 1.54) is 11.1 Å². The van der Waals surface area contributed by atoms with Crippen LogP contribution in [0.4, 0.5) is 0 Å². The molecule has 0 atom stereocenters. The Balaban J connectivity index is 2.14. The van der Waals surface area contributed by atoms with Gasteiger partial charge in [0.1, 0.15) is 0 Å². The molecule has 0 unspecified atom stereocenters. The number of hydrogen-bond donors (Lipinski definition) is 1. The minimum atomic E-state index is 0.609. The summed E-state index contributed by atoms with van der Waals surface area (Å²) in [4.78, 5) is 5.28. The van der Waals surface area contributed by atoms with Gasteiger partial charge in [-0.3, -0.25) is 4.84 Å². The zero-order chi connectivity index (χ0) is 10.2. The molecule has 0 saturated carbocycles. The monoisotopic (exact) mass is 191 g/mol. The van der Waals surface area contributed by atoms with Crippen molar-refractivity contribution in [3.63, 3.8) is 0 Å². The first-order valence-electron chi connectivity index (χ1n) is 4.81. The van der Waals surface area contributed by atoms with Gasteiger partial charge >= 0.3 is 0 Å². The highest BCUT2D eigenvalue weighted by Gasteiger charge is 1.89. The maximum Gasteiger partial charge on any atom is 0.0933 e. The van der Waals surface area contributed by atoms with E-state index >= 15 is 0 Å². The molecule has 0 bridgehead atoms. The van der Waals surface area contributed by atoms with Crippen molar-refractivity contribution >= 4 is 0 Å². The van der Waals surface area contributed by atoms with Gasteiger partial charge in [-0.05, 0) is 19.4 Å². The molecule has 0 aromatic heterocycles. The van der Waals surface area contributed by atoms with Crippen LogP contribution < -0.4 is 5.48 Å². The zero-order valence-electron chi connectivity index (χ0n) is 8.79. The molecule has 0 fully saturated rings. The molecule has 2 nitrogen and oxygen atoms in total. The van der Waals surface area contributed by atoms with Crippen LogP contribution in [0.1, 0.15) is 19.4 Å². The lowest BCUT2D eigenvalue weighted by Crippen LogP contribution is -2.14. The number of hydrogen-bond acceptors (Lipinski definition) is 2. The normalized spacial score (nSPS) is 9.86. The molecule has 0 amide bonds. The number of hydroxylamine groups is 1. The van der Waals surface area contributed by atoms with Crippen LogP contribution in [0.3, 0.4) is 0 Å². The molecular weight excluding hydrogens is 174 g/mol. The molecule has 0 spiro atoms. The van der Waals surface area contributed by atoms with Gasteiger partial charge in [0.25, 0.3) is 0 Å². The topological polar surface area (TPSA) is 21.3 Å². The van der Waals surface area contributed by atoms with Crippen LogP contribution in [0.2, 0.25) is 0 Å². The van der Waals surface area contributed by atoms with E-state index in [9.17, 15) is 0 Å². The van der Waals surface area contributed by atoms with E-state index in [0.29, 0.717) is 6.61 Å². The molecule has 0 heterocycles. The Morgan fingerprint density at radius 3 is 2.64 bits per heavy atom. The van der Waals surface area contributed by atoms with E-state index in [-0.39, 0.29) is 0 Å². The summed E-state index contributed by atoms with van der Waals surface area (Å²) in [7, 11) is 0. The second-order valence-corrected chi connectivity index (χ2v) is 3.40. The average molecular weight is 191 g/mol. The van der Waals surface area contributed by atoms with Gasteiger partial charge in [0.05, 0.1) is 6.61 Å². The Hall–Kier alpha value is -1.12. The fourth-order valence-electron chi connectivity index (χ4n) is 1.01. The van der Waals surface area contributed by atoms with Crippen molar-refractivity contribution in [2.45, 2.75) is 20.5 Å². The fraction of sp³-hybridized carbons (Fsp3) is 0.333. The number of benzene rings is 1. The van der Waals surface area contributed by atoms with Crippen LogP contribution in [-0.4, -0.2) is 6.54 Å². The van der Waals surface area contributed by atoms with Gasteiger partial charge in [-0.1, -0.05) is 42.0 Å². The largest absolute Gasteiger partial charge is 0.297 e. The first kappa shape index (κ1) is 11.0. The van der Waals surface area contributed by atoms with E-state index in [1.807, 2.05) is 30.3 Å². The molecule has 0 saturated heterocycles. The third-order valence-electron chi connectivity index (χ3n) is 1.78. The van der Waals surface area contributed by atoms with Crippen LogP contribution >= 0.6 is 0 Å². The number of allylic oxidation sites excluding steroid dienone is 1. The van der Waals surface area contributed by atoms with Crippen molar-refractivity contribution in [1.82, 2.24) is 5.48 Å². The van der Waals surface area contributed by atoms with Crippen molar-refractivity contribution in [3.8, 4) is 0 Å². The van der Waals surface area contributed by atoms with E-state index < -0.39 is 0 Å². The summed E-state index contributed by atoms with van der Waals surface area (Å²) in [6.45, 7) is 5.50. The Kier molecular flexibility index (Phi) is 4.97.